The van der Waals surface area contributed by atoms with Gasteiger partial charge in [-0.25, -0.2) is 14.5 Å². The number of benzene rings is 2. The van der Waals surface area contributed by atoms with Crippen LogP contribution in [0.15, 0.2) is 48.5 Å². The van der Waals surface area contributed by atoms with E-state index in [0.717, 1.165) is 23.7 Å². The minimum absolute atomic E-state index is 0.220. The molecule has 1 unspecified atom stereocenters. The van der Waals surface area contributed by atoms with E-state index >= 15 is 0 Å². The minimum atomic E-state index is -4.13. The Balaban J connectivity index is 1.65. The van der Waals surface area contributed by atoms with Crippen LogP contribution in [0.2, 0.25) is 5.02 Å². The van der Waals surface area contributed by atoms with Crippen molar-refractivity contribution >= 4 is 53.1 Å². The van der Waals surface area contributed by atoms with Gasteiger partial charge in [-0.3, -0.25) is 9.32 Å². The van der Waals surface area contributed by atoms with Crippen LogP contribution in [0.3, 0.4) is 0 Å². The summed E-state index contributed by atoms with van der Waals surface area (Å²) in [4.78, 5) is 21.9. The van der Waals surface area contributed by atoms with E-state index in [-0.39, 0.29) is 25.5 Å². The predicted octanol–water partition coefficient (Wildman–Crippen LogP) is 6.27. The van der Waals surface area contributed by atoms with Crippen LogP contribution in [-0.2, 0) is 36.5 Å². The Hall–Kier alpha value is -3.21. The number of nitrogens with two attached hydrogens (primary N) is 1. The van der Waals surface area contributed by atoms with Crippen LogP contribution in [0.1, 0.15) is 46.4 Å². The van der Waals surface area contributed by atoms with E-state index in [1.165, 1.54) is 0 Å². The third-order valence-corrected chi connectivity index (χ3v) is 8.41. The molecule has 2 heterocycles. The molecule has 0 fully saturated rings. The van der Waals surface area contributed by atoms with Crippen LogP contribution in [0.25, 0.3) is 21.9 Å². The van der Waals surface area contributed by atoms with Crippen molar-refractivity contribution in [2.75, 3.05) is 18.9 Å². The first-order valence-corrected chi connectivity index (χ1v) is 15.8. The Kier molecular flexibility index (Phi) is 10.8. The second kappa shape index (κ2) is 14.3. The first-order valence-electron chi connectivity index (χ1n) is 13.9. The number of anilines is 1. The molecule has 0 aliphatic rings. The summed E-state index contributed by atoms with van der Waals surface area (Å²) in [6, 6.07) is 13.0. The van der Waals surface area contributed by atoms with Crippen LogP contribution in [0.5, 0.6) is 5.75 Å². The molecule has 0 aliphatic heterocycles. The van der Waals surface area contributed by atoms with Gasteiger partial charge in [0, 0.05) is 17.0 Å². The van der Waals surface area contributed by atoms with Gasteiger partial charge in [0.2, 0.25) is 0 Å². The lowest BCUT2D eigenvalue weighted by molar-refractivity contribution is -0.145. The first kappa shape index (κ1) is 31.7. The number of para-hydroxylation sites is 1. The number of hydrogen-bond donors (Lipinski definition) is 2. The fourth-order valence-electron chi connectivity index (χ4n) is 4.38. The lowest BCUT2D eigenvalue weighted by atomic mass is 10.2. The molecule has 0 aliphatic carbocycles. The highest BCUT2D eigenvalue weighted by Gasteiger charge is 2.34. The van der Waals surface area contributed by atoms with Gasteiger partial charge < -0.3 is 24.3 Å². The Bertz CT molecular complexity index is 1560. The number of esters is 1. The number of unbranched alkanes of at least 4 members (excludes halogenated alkanes) is 1. The monoisotopic (exact) mass is 617 g/mol. The zero-order chi connectivity index (χ0) is 30.3. The number of nitrogens with one attached hydrogen (secondary N) is 1. The van der Waals surface area contributed by atoms with E-state index in [9.17, 15) is 9.36 Å². The van der Waals surface area contributed by atoms with E-state index in [1.807, 2.05) is 42.7 Å². The molecule has 0 saturated carbocycles. The van der Waals surface area contributed by atoms with Gasteiger partial charge in [-0.2, -0.15) is 5.09 Å². The Labute approximate surface area is 250 Å². The number of ether oxygens (including phenoxy) is 2. The van der Waals surface area contributed by atoms with Crippen LogP contribution in [-0.4, -0.2) is 45.9 Å². The SMILES string of the molecule is CCCCOC(=O)[C@H](C)NP(=O)(Oc1ccc(Cl)cc1)O[C@H](C)Cn1c(COCC)nc2c(N)nc3ccccc3c21. The highest BCUT2D eigenvalue weighted by Crippen LogP contribution is 2.46. The Morgan fingerprint density at radius 2 is 1.86 bits per heavy atom. The summed E-state index contributed by atoms with van der Waals surface area (Å²) in [5, 5.41) is 4.08. The van der Waals surface area contributed by atoms with Crippen molar-refractivity contribution < 1.29 is 27.9 Å². The maximum atomic E-state index is 14.2. The summed E-state index contributed by atoms with van der Waals surface area (Å²) in [7, 11) is -4.13. The van der Waals surface area contributed by atoms with E-state index in [4.69, 9.17) is 40.8 Å². The molecule has 0 radical (unpaired) electrons. The number of aromatic nitrogens is 3. The predicted molar refractivity (Wildman–Crippen MR) is 163 cm³/mol. The summed E-state index contributed by atoms with van der Waals surface area (Å²) < 4.78 is 39.0. The fourth-order valence-corrected chi connectivity index (χ4v) is 6.18. The topological polar surface area (TPSA) is 140 Å². The smallest absolute Gasteiger partial charge is 0.459 e. The zero-order valence-corrected chi connectivity index (χ0v) is 25.9. The van der Waals surface area contributed by atoms with Gasteiger partial charge in [0.1, 0.15) is 29.7 Å². The lowest BCUT2D eigenvalue weighted by Gasteiger charge is -2.26. The van der Waals surface area contributed by atoms with Crippen LogP contribution in [0.4, 0.5) is 5.82 Å². The van der Waals surface area contributed by atoms with Gasteiger partial charge in [0.15, 0.2) is 5.82 Å². The van der Waals surface area contributed by atoms with Crippen molar-refractivity contribution in [3.8, 4) is 5.75 Å². The van der Waals surface area contributed by atoms with Gasteiger partial charge in [0.05, 0.1) is 30.3 Å². The summed E-state index contributed by atoms with van der Waals surface area (Å²) in [6.07, 6.45) is 0.909. The molecule has 226 valence electrons. The molecule has 4 rings (SSSR count). The number of nitrogen functional groups attached to an aromatic ring is 1. The number of hydrogen-bond acceptors (Lipinski definition) is 9. The molecule has 13 heteroatoms. The highest BCUT2D eigenvalue weighted by atomic mass is 35.5. The van der Waals surface area contributed by atoms with Gasteiger partial charge in [-0.15, -0.1) is 0 Å². The van der Waals surface area contributed by atoms with Crippen molar-refractivity contribution in [2.24, 2.45) is 0 Å². The molecule has 0 amide bonds. The maximum absolute atomic E-state index is 14.2. The number of imidazole rings is 1. The lowest BCUT2D eigenvalue weighted by Crippen LogP contribution is -2.36. The summed E-state index contributed by atoms with van der Waals surface area (Å²) in [5.74, 6) is 0.599. The number of carbonyl (C=O) groups excluding carboxylic acids is 1. The summed E-state index contributed by atoms with van der Waals surface area (Å²) >= 11 is 6.02. The molecule has 4 aromatic rings. The molecule has 3 atom stereocenters. The van der Waals surface area contributed by atoms with Gasteiger partial charge in [-0.05, 0) is 57.5 Å². The number of fused-ring (bicyclic) bond motifs is 3. The summed E-state index contributed by atoms with van der Waals surface area (Å²) in [5.41, 5.74) is 8.32. The molecular weight excluding hydrogens is 581 g/mol. The highest BCUT2D eigenvalue weighted by molar-refractivity contribution is 7.52. The maximum Gasteiger partial charge on any atom is 0.459 e. The number of carbonyl (C=O) groups is 1. The van der Waals surface area contributed by atoms with E-state index in [0.29, 0.717) is 34.3 Å². The van der Waals surface area contributed by atoms with Crippen LogP contribution < -0.4 is 15.3 Å². The third kappa shape index (κ3) is 7.79. The average molecular weight is 618 g/mol. The summed E-state index contributed by atoms with van der Waals surface area (Å²) in [6.45, 7) is 8.40. The largest absolute Gasteiger partial charge is 0.465 e. The molecule has 3 N–H and O–H groups in total. The average Bonchev–Trinajstić information content (AvgIpc) is 3.31. The Morgan fingerprint density at radius 3 is 2.57 bits per heavy atom. The number of halogens is 1. The first-order chi connectivity index (χ1) is 20.1. The molecule has 11 nitrogen and oxygen atoms in total. The number of pyridine rings is 1. The van der Waals surface area contributed by atoms with Crippen molar-refractivity contribution in [3.05, 3.63) is 59.4 Å². The zero-order valence-electron chi connectivity index (χ0n) is 24.2. The third-order valence-electron chi connectivity index (χ3n) is 6.37. The minimum Gasteiger partial charge on any atom is -0.465 e. The van der Waals surface area contributed by atoms with Crippen molar-refractivity contribution in [2.45, 2.75) is 65.8 Å². The van der Waals surface area contributed by atoms with Crippen molar-refractivity contribution in [1.29, 1.82) is 0 Å². The fraction of sp³-hybridized carbons (Fsp3) is 0.414. The second-order valence-corrected chi connectivity index (χ2v) is 11.9. The van der Waals surface area contributed by atoms with E-state index in [1.54, 1.807) is 38.1 Å². The van der Waals surface area contributed by atoms with Crippen molar-refractivity contribution in [1.82, 2.24) is 19.6 Å². The van der Waals surface area contributed by atoms with E-state index in [2.05, 4.69) is 10.1 Å². The van der Waals surface area contributed by atoms with Gasteiger partial charge >= 0.3 is 13.7 Å². The van der Waals surface area contributed by atoms with Crippen LogP contribution >= 0.6 is 19.3 Å². The van der Waals surface area contributed by atoms with E-state index < -0.39 is 25.9 Å². The number of rotatable bonds is 15. The van der Waals surface area contributed by atoms with Gasteiger partial charge in [0.25, 0.3) is 0 Å². The molecule has 0 saturated heterocycles. The van der Waals surface area contributed by atoms with Crippen molar-refractivity contribution in [3.63, 3.8) is 0 Å². The standard InChI is InChI=1S/C29H37ClN5O6P/c1-5-7-16-39-29(36)20(4)34-42(37,41-22-14-12-21(30)13-15-22)40-19(3)17-35-25(18-38-6-2)33-26-27(35)23-10-8-9-11-24(23)32-28(26)31/h8-15,19-20H,5-7,16-18H2,1-4H3,(H2,31,32)(H,34,37)/t19-,20+,42?/m1/s1. The number of nitrogens with zero attached hydrogens (tertiary/aromatic N) is 3. The normalized spacial score (nSPS) is 14.5. The Morgan fingerprint density at radius 1 is 1.12 bits per heavy atom. The molecule has 0 spiro atoms. The second-order valence-electron chi connectivity index (χ2n) is 9.82. The molecule has 2 aromatic carbocycles. The molecular formula is C29H37ClN5O6P. The molecule has 42 heavy (non-hydrogen) atoms. The quantitative estimate of drug-likeness (QED) is 0.0891. The van der Waals surface area contributed by atoms with Crippen LogP contribution in [0, 0.1) is 0 Å². The molecule has 2 aromatic heterocycles. The molecule has 0 bridgehead atoms. The van der Waals surface area contributed by atoms with Gasteiger partial charge in [-0.1, -0.05) is 43.1 Å².